The molecule has 0 radical (unpaired) electrons. The van der Waals surface area contributed by atoms with Crippen LogP contribution >= 0.6 is 0 Å². The SMILES string of the molecule is Nc1cc(CN2CCC(F)(C(=O)N3CCC(NC4CCC5C=CC=CC54)CC3)CC2)ccn1. The number of allylic oxidation sites excluding steroid dienone is 3. The zero-order valence-corrected chi connectivity index (χ0v) is 19.3. The molecule has 1 amide bonds. The van der Waals surface area contributed by atoms with Crippen molar-refractivity contribution in [2.75, 3.05) is 31.9 Å². The first kappa shape index (κ1) is 22.5. The molecule has 2 saturated heterocycles. The van der Waals surface area contributed by atoms with Crippen molar-refractivity contribution in [3.63, 3.8) is 0 Å². The number of aromatic nitrogens is 1. The van der Waals surface area contributed by atoms with Crippen molar-refractivity contribution in [1.29, 1.82) is 0 Å². The molecule has 7 heteroatoms. The van der Waals surface area contributed by atoms with Crippen molar-refractivity contribution < 1.29 is 9.18 Å². The van der Waals surface area contributed by atoms with E-state index in [0.29, 0.717) is 62.5 Å². The number of amides is 1. The van der Waals surface area contributed by atoms with Crippen LogP contribution in [0.3, 0.4) is 0 Å². The summed E-state index contributed by atoms with van der Waals surface area (Å²) in [6, 6.07) is 4.73. The van der Waals surface area contributed by atoms with Crippen LogP contribution in [-0.4, -0.2) is 64.6 Å². The van der Waals surface area contributed by atoms with Crippen molar-refractivity contribution in [3.05, 3.63) is 48.2 Å². The van der Waals surface area contributed by atoms with Gasteiger partial charge in [-0.15, -0.1) is 0 Å². The highest BCUT2D eigenvalue weighted by Gasteiger charge is 2.45. The highest BCUT2D eigenvalue weighted by Crippen LogP contribution is 2.37. The van der Waals surface area contributed by atoms with Gasteiger partial charge in [0.05, 0.1) is 0 Å². The Balaban J connectivity index is 1.08. The predicted octanol–water partition coefficient (Wildman–Crippen LogP) is 3.07. The molecule has 178 valence electrons. The lowest BCUT2D eigenvalue weighted by atomic mass is 9.88. The molecule has 1 aromatic heterocycles. The van der Waals surface area contributed by atoms with E-state index in [1.165, 1.54) is 12.8 Å². The third kappa shape index (κ3) is 4.99. The van der Waals surface area contributed by atoms with Gasteiger partial charge in [0, 0.05) is 63.8 Å². The lowest BCUT2D eigenvalue weighted by molar-refractivity contribution is -0.148. The molecular formula is C26H36FN5O. The monoisotopic (exact) mass is 453 g/mol. The molecule has 3 atom stereocenters. The van der Waals surface area contributed by atoms with Crippen LogP contribution < -0.4 is 11.1 Å². The summed E-state index contributed by atoms with van der Waals surface area (Å²) >= 11 is 0. The third-order valence-corrected chi connectivity index (χ3v) is 8.09. The Kier molecular flexibility index (Phi) is 6.52. The number of nitrogen functional groups attached to an aromatic ring is 1. The zero-order valence-electron chi connectivity index (χ0n) is 19.3. The summed E-state index contributed by atoms with van der Waals surface area (Å²) in [7, 11) is 0. The summed E-state index contributed by atoms with van der Waals surface area (Å²) in [5.74, 6) is 1.46. The molecule has 3 fully saturated rings. The van der Waals surface area contributed by atoms with Gasteiger partial charge in [-0.3, -0.25) is 9.69 Å². The fourth-order valence-corrected chi connectivity index (χ4v) is 6.12. The van der Waals surface area contributed by atoms with Gasteiger partial charge in [0.25, 0.3) is 5.91 Å². The van der Waals surface area contributed by atoms with Crippen molar-refractivity contribution in [2.24, 2.45) is 11.8 Å². The van der Waals surface area contributed by atoms with Gasteiger partial charge in [0.1, 0.15) is 5.82 Å². The second-order valence-electron chi connectivity index (χ2n) is 10.3. The fraction of sp³-hybridized carbons (Fsp3) is 0.615. The molecule has 6 nitrogen and oxygen atoms in total. The van der Waals surface area contributed by atoms with E-state index < -0.39 is 5.67 Å². The Morgan fingerprint density at radius 2 is 1.88 bits per heavy atom. The predicted molar refractivity (Wildman–Crippen MR) is 128 cm³/mol. The molecule has 1 saturated carbocycles. The Morgan fingerprint density at radius 1 is 1.12 bits per heavy atom. The molecule has 3 N–H and O–H groups in total. The van der Waals surface area contributed by atoms with Crippen LogP contribution in [-0.2, 0) is 11.3 Å². The molecular weight excluding hydrogens is 417 g/mol. The number of nitrogens with two attached hydrogens (primary N) is 1. The number of nitrogens with zero attached hydrogens (tertiary/aromatic N) is 3. The minimum Gasteiger partial charge on any atom is -0.384 e. The van der Waals surface area contributed by atoms with Gasteiger partial charge in [-0.1, -0.05) is 24.3 Å². The quantitative estimate of drug-likeness (QED) is 0.717. The van der Waals surface area contributed by atoms with Crippen LogP contribution in [0.5, 0.6) is 0 Å². The minimum atomic E-state index is -1.73. The van der Waals surface area contributed by atoms with Crippen LogP contribution in [0.15, 0.2) is 42.6 Å². The van der Waals surface area contributed by atoms with Crippen molar-refractivity contribution >= 4 is 11.7 Å². The second-order valence-corrected chi connectivity index (χ2v) is 10.3. The van der Waals surface area contributed by atoms with Crippen molar-refractivity contribution in [2.45, 2.75) is 62.8 Å². The van der Waals surface area contributed by atoms with Gasteiger partial charge in [-0.05, 0) is 55.2 Å². The molecule has 1 aromatic rings. The van der Waals surface area contributed by atoms with E-state index in [0.717, 1.165) is 18.4 Å². The molecule has 2 aliphatic carbocycles. The molecule has 0 spiro atoms. The van der Waals surface area contributed by atoms with Crippen LogP contribution in [0.4, 0.5) is 10.2 Å². The molecule has 4 aliphatic rings. The maximum atomic E-state index is 15.7. The van der Waals surface area contributed by atoms with Crippen LogP contribution in [0, 0.1) is 11.8 Å². The summed E-state index contributed by atoms with van der Waals surface area (Å²) < 4.78 is 15.7. The summed E-state index contributed by atoms with van der Waals surface area (Å²) in [5, 5.41) is 3.86. The summed E-state index contributed by atoms with van der Waals surface area (Å²) in [4.78, 5) is 21.1. The van der Waals surface area contributed by atoms with Gasteiger partial charge >= 0.3 is 0 Å². The Labute approximate surface area is 196 Å². The maximum absolute atomic E-state index is 15.7. The van der Waals surface area contributed by atoms with Gasteiger partial charge in [0.15, 0.2) is 5.67 Å². The lowest BCUT2D eigenvalue weighted by Crippen LogP contribution is -2.55. The Bertz CT molecular complexity index is 902. The highest BCUT2D eigenvalue weighted by atomic mass is 19.1. The van der Waals surface area contributed by atoms with E-state index in [9.17, 15) is 4.79 Å². The van der Waals surface area contributed by atoms with E-state index in [4.69, 9.17) is 5.73 Å². The lowest BCUT2D eigenvalue weighted by Gasteiger charge is -2.41. The number of likely N-dealkylation sites (tertiary alicyclic amines) is 2. The average molecular weight is 454 g/mol. The number of alkyl halides is 1. The van der Waals surface area contributed by atoms with Crippen LogP contribution in [0.25, 0.3) is 0 Å². The van der Waals surface area contributed by atoms with Crippen LogP contribution in [0.2, 0.25) is 0 Å². The Hall–Kier alpha value is -2.25. The number of hydrogen-bond acceptors (Lipinski definition) is 5. The van der Waals surface area contributed by atoms with E-state index in [1.54, 1.807) is 11.1 Å². The number of nitrogens with one attached hydrogen (secondary N) is 1. The molecule has 33 heavy (non-hydrogen) atoms. The zero-order chi connectivity index (χ0) is 22.8. The largest absolute Gasteiger partial charge is 0.384 e. The first-order valence-corrected chi connectivity index (χ1v) is 12.5. The number of carbonyl (C=O) groups excluding carboxylic acids is 1. The number of rotatable bonds is 5. The standard InChI is InChI=1S/C26H36FN5O/c27-26(10-15-31(16-11-26)18-19-7-12-29-24(28)17-19)25(33)32-13-8-21(9-14-32)30-23-6-5-20-3-1-2-4-22(20)23/h1-4,7,12,17,20-23,30H,5-6,8-11,13-16,18H2,(H2,28,29). The minimum absolute atomic E-state index is 0.259. The normalized spacial score (nSPS) is 29.8. The van der Waals surface area contributed by atoms with Gasteiger partial charge < -0.3 is 16.0 Å². The number of fused-ring (bicyclic) bond motifs is 1. The first-order valence-electron chi connectivity index (χ1n) is 12.5. The summed E-state index contributed by atoms with van der Waals surface area (Å²) in [5.41, 5.74) is 5.11. The van der Waals surface area contributed by atoms with Gasteiger partial charge in [0.2, 0.25) is 0 Å². The smallest absolute Gasteiger partial charge is 0.260 e. The molecule has 0 aromatic carbocycles. The maximum Gasteiger partial charge on any atom is 0.260 e. The fourth-order valence-electron chi connectivity index (χ4n) is 6.12. The molecule has 3 unspecified atom stereocenters. The topological polar surface area (TPSA) is 74.5 Å². The number of hydrogen-bond donors (Lipinski definition) is 2. The number of piperidine rings is 2. The summed E-state index contributed by atoms with van der Waals surface area (Å²) in [6.45, 7) is 3.17. The van der Waals surface area contributed by atoms with E-state index in [2.05, 4.69) is 39.5 Å². The molecule has 3 heterocycles. The van der Waals surface area contributed by atoms with E-state index >= 15 is 4.39 Å². The highest BCUT2D eigenvalue weighted by molar-refractivity contribution is 5.85. The molecule has 0 bridgehead atoms. The van der Waals surface area contributed by atoms with E-state index in [-0.39, 0.29) is 18.7 Å². The Morgan fingerprint density at radius 3 is 2.64 bits per heavy atom. The van der Waals surface area contributed by atoms with Crippen LogP contribution in [0.1, 0.15) is 44.1 Å². The van der Waals surface area contributed by atoms with E-state index in [1.807, 2.05) is 12.1 Å². The van der Waals surface area contributed by atoms with Crippen molar-refractivity contribution in [3.8, 4) is 0 Å². The number of halogens is 1. The van der Waals surface area contributed by atoms with Gasteiger partial charge in [-0.25, -0.2) is 9.37 Å². The molecule has 5 rings (SSSR count). The number of anilines is 1. The molecule has 2 aliphatic heterocycles. The number of carbonyl (C=O) groups is 1. The third-order valence-electron chi connectivity index (χ3n) is 8.09. The summed E-state index contributed by atoms with van der Waals surface area (Å²) in [6.07, 6.45) is 15.5. The number of pyridine rings is 1. The second kappa shape index (κ2) is 9.55. The van der Waals surface area contributed by atoms with Crippen molar-refractivity contribution in [1.82, 2.24) is 20.1 Å². The first-order chi connectivity index (χ1) is 16.0. The average Bonchev–Trinajstić information content (AvgIpc) is 3.24. The van der Waals surface area contributed by atoms with Gasteiger partial charge in [-0.2, -0.15) is 0 Å².